The lowest BCUT2D eigenvalue weighted by atomic mass is 9.77. The Labute approximate surface area is 181 Å². The first-order chi connectivity index (χ1) is 15.2. The Morgan fingerprint density at radius 3 is 2.35 bits per heavy atom. The van der Waals surface area contributed by atoms with E-state index in [9.17, 15) is 4.79 Å². The van der Waals surface area contributed by atoms with Crippen LogP contribution < -0.4 is 0 Å². The summed E-state index contributed by atoms with van der Waals surface area (Å²) < 4.78 is 0. The first-order valence-corrected chi connectivity index (χ1v) is 10.9. The Kier molecular flexibility index (Phi) is 5.24. The van der Waals surface area contributed by atoms with Crippen molar-refractivity contribution < 1.29 is 9.90 Å². The Hall–Kier alpha value is -3.47. The minimum Gasteiger partial charge on any atom is -0.481 e. The zero-order valence-electron chi connectivity index (χ0n) is 17.3. The fourth-order valence-electron chi connectivity index (χ4n) is 4.67. The van der Waals surface area contributed by atoms with E-state index in [0.29, 0.717) is 18.3 Å². The van der Waals surface area contributed by atoms with Gasteiger partial charge in [0.1, 0.15) is 5.69 Å². The van der Waals surface area contributed by atoms with Gasteiger partial charge in [0.25, 0.3) is 0 Å². The van der Waals surface area contributed by atoms with Gasteiger partial charge >= 0.3 is 5.97 Å². The van der Waals surface area contributed by atoms with Gasteiger partial charge in [0.05, 0.1) is 11.0 Å². The third kappa shape index (κ3) is 4.22. The predicted molar refractivity (Wildman–Crippen MR) is 122 cm³/mol. The van der Waals surface area contributed by atoms with Gasteiger partial charge < -0.3 is 10.1 Å². The molecule has 0 bridgehead atoms. The van der Waals surface area contributed by atoms with E-state index < -0.39 is 5.97 Å². The molecule has 0 amide bonds. The second-order valence-electron chi connectivity index (χ2n) is 8.47. The average Bonchev–Trinajstić information content (AvgIpc) is 3.24. The Balaban J connectivity index is 1.27. The molecule has 0 aliphatic heterocycles. The summed E-state index contributed by atoms with van der Waals surface area (Å²) in [5, 5.41) is 8.99. The van der Waals surface area contributed by atoms with Crippen LogP contribution in [-0.2, 0) is 4.79 Å². The number of hydrogen-bond acceptors (Lipinski definition) is 3. The van der Waals surface area contributed by atoms with Crippen LogP contribution in [0.2, 0.25) is 0 Å². The number of para-hydroxylation sites is 2. The number of carbonyl (C=O) groups is 1. The lowest BCUT2D eigenvalue weighted by Gasteiger charge is -2.28. The van der Waals surface area contributed by atoms with Crippen LogP contribution in [0.25, 0.3) is 33.7 Å². The number of aliphatic carboxylic acids is 1. The molecule has 31 heavy (non-hydrogen) atoms. The maximum Gasteiger partial charge on any atom is 0.303 e. The fourth-order valence-corrected chi connectivity index (χ4v) is 4.67. The third-order valence-electron chi connectivity index (χ3n) is 6.42. The van der Waals surface area contributed by atoms with Crippen molar-refractivity contribution in [1.29, 1.82) is 0 Å². The number of imidazole rings is 1. The molecule has 5 nitrogen and oxygen atoms in total. The second-order valence-corrected chi connectivity index (χ2v) is 8.47. The molecule has 0 unspecified atom stereocenters. The van der Waals surface area contributed by atoms with E-state index in [-0.39, 0.29) is 0 Å². The summed E-state index contributed by atoms with van der Waals surface area (Å²) in [6.07, 6.45) is 6.37. The summed E-state index contributed by atoms with van der Waals surface area (Å²) in [5.74, 6) is 0.978. The predicted octanol–water partition coefficient (Wildman–Crippen LogP) is 6.04. The van der Waals surface area contributed by atoms with Crippen LogP contribution in [-0.4, -0.2) is 26.0 Å². The monoisotopic (exact) mass is 411 g/mol. The van der Waals surface area contributed by atoms with Gasteiger partial charge in [-0.15, -0.1) is 0 Å². The maximum atomic E-state index is 10.9. The Morgan fingerprint density at radius 2 is 1.68 bits per heavy atom. The summed E-state index contributed by atoms with van der Waals surface area (Å²) in [6, 6.07) is 20.8. The van der Waals surface area contributed by atoms with Crippen molar-refractivity contribution in [3.8, 4) is 22.6 Å². The number of aromatic amines is 1. The highest BCUT2D eigenvalue weighted by Crippen LogP contribution is 2.37. The molecule has 1 saturated carbocycles. The largest absolute Gasteiger partial charge is 0.481 e. The summed E-state index contributed by atoms with van der Waals surface area (Å²) in [5.41, 5.74) is 6.36. The highest BCUT2D eigenvalue weighted by atomic mass is 16.4. The lowest BCUT2D eigenvalue weighted by molar-refractivity contribution is -0.138. The van der Waals surface area contributed by atoms with Gasteiger partial charge in [-0.2, -0.15) is 0 Å². The molecule has 1 aliphatic carbocycles. The van der Waals surface area contributed by atoms with Crippen LogP contribution in [0, 0.1) is 5.92 Å². The third-order valence-corrected chi connectivity index (χ3v) is 6.42. The molecule has 5 heteroatoms. The summed E-state index contributed by atoms with van der Waals surface area (Å²) >= 11 is 0. The summed E-state index contributed by atoms with van der Waals surface area (Å²) in [6.45, 7) is 0. The number of rotatable bonds is 5. The molecule has 0 saturated heterocycles. The first-order valence-electron chi connectivity index (χ1n) is 10.9. The zero-order valence-corrected chi connectivity index (χ0v) is 17.3. The van der Waals surface area contributed by atoms with Crippen LogP contribution in [0.4, 0.5) is 0 Å². The quantitative estimate of drug-likeness (QED) is 0.420. The van der Waals surface area contributed by atoms with Crippen molar-refractivity contribution in [1.82, 2.24) is 15.0 Å². The van der Waals surface area contributed by atoms with Crippen LogP contribution in [0.5, 0.6) is 0 Å². The van der Waals surface area contributed by atoms with E-state index in [1.54, 1.807) is 0 Å². The standard InChI is InChI=1S/C26H25N3O2/c30-25(31)15-17-5-7-18(8-6-17)19-9-11-20(12-10-19)21-13-14-24(27-16-21)26-28-22-3-1-2-4-23(22)29-26/h1-4,9-14,16-18H,5-8,15H2,(H,28,29)(H,30,31). The number of H-pyrrole nitrogens is 1. The Morgan fingerprint density at radius 1 is 0.935 bits per heavy atom. The highest BCUT2D eigenvalue weighted by molar-refractivity contribution is 5.78. The zero-order chi connectivity index (χ0) is 21.2. The van der Waals surface area contributed by atoms with E-state index in [4.69, 9.17) is 5.11 Å². The van der Waals surface area contributed by atoms with Gasteiger partial charge in [0.15, 0.2) is 5.82 Å². The SMILES string of the molecule is O=C(O)CC1CCC(c2ccc(-c3ccc(-c4nc5ccccc5[nH]4)nc3)cc2)CC1. The number of nitrogens with one attached hydrogen (secondary N) is 1. The number of fused-ring (bicyclic) bond motifs is 1. The first kappa shape index (κ1) is 19.5. The molecular formula is C26H25N3O2. The van der Waals surface area contributed by atoms with Crippen LogP contribution in [0.15, 0.2) is 66.9 Å². The minimum absolute atomic E-state index is 0.308. The van der Waals surface area contributed by atoms with Crippen molar-refractivity contribution in [2.45, 2.75) is 38.0 Å². The van der Waals surface area contributed by atoms with Crippen molar-refractivity contribution in [3.63, 3.8) is 0 Å². The molecule has 2 N–H and O–H groups in total. The number of benzene rings is 2. The average molecular weight is 412 g/mol. The topological polar surface area (TPSA) is 78.9 Å². The molecule has 4 aromatic rings. The molecule has 2 aromatic carbocycles. The minimum atomic E-state index is -0.673. The van der Waals surface area contributed by atoms with E-state index >= 15 is 0 Å². The van der Waals surface area contributed by atoms with Crippen molar-refractivity contribution >= 4 is 17.0 Å². The summed E-state index contributed by atoms with van der Waals surface area (Å²) in [4.78, 5) is 23.5. The van der Waals surface area contributed by atoms with Crippen LogP contribution in [0.1, 0.15) is 43.6 Å². The van der Waals surface area contributed by atoms with E-state index in [2.05, 4.69) is 45.3 Å². The lowest BCUT2D eigenvalue weighted by Crippen LogP contribution is -2.16. The number of carboxylic acids is 1. The molecule has 1 aliphatic rings. The smallest absolute Gasteiger partial charge is 0.303 e. The second kappa shape index (κ2) is 8.34. The fraction of sp³-hybridized carbons (Fsp3) is 0.269. The van der Waals surface area contributed by atoms with Crippen molar-refractivity contribution in [2.75, 3.05) is 0 Å². The normalized spacial score (nSPS) is 18.8. The van der Waals surface area contributed by atoms with Gasteiger partial charge in [-0.1, -0.05) is 42.5 Å². The Bertz CT molecular complexity index is 1150. The number of hydrogen-bond donors (Lipinski definition) is 2. The van der Waals surface area contributed by atoms with Gasteiger partial charge in [-0.05, 0) is 66.8 Å². The van der Waals surface area contributed by atoms with Gasteiger partial charge in [-0.25, -0.2) is 4.98 Å². The van der Waals surface area contributed by atoms with Crippen LogP contribution >= 0.6 is 0 Å². The molecule has 0 spiro atoms. The van der Waals surface area contributed by atoms with E-state index in [1.807, 2.05) is 36.5 Å². The van der Waals surface area contributed by atoms with Crippen LogP contribution in [0.3, 0.4) is 0 Å². The molecule has 2 aromatic heterocycles. The van der Waals surface area contributed by atoms with Gasteiger partial charge in [-0.3, -0.25) is 9.78 Å². The molecule has 5 rings (SSSR count). The number of aromatic nitrogens is 3. The number of nitrogens with zero attached hydrogens (tertiary/aromatic N) is 2. The van der Waals surface area contributed by atoms with Crippen molar-refractivity contribution in [2.24, 2.45) is 5.92 Å². The number of pyridine rings is 1. The summed E-state index contributed by atoms with van der Waals surface area (Å²) in [7, 11) is 0. The van der Waals surface area contributed by atoms with Gasteiger partial charge in [0, 0.05) is 18.2 Å². The van der Waals surface area contributed by atoms with E-state index in [0.717, 1.165) is 59.4 Å². The number of carboxylic acid groups (broad SMARTS) is 1. The molecular weight excluding hydrogens is 386 g/mol. The highest BCUT2D eigenvalue weighted by Gasteiger charge is 2.23. The molecule has 0 radical (unpaired) electrons. The van der Waals surface area contributed by atoms with Gasteiger partial charge in [0.2, 0.25) is 0 Å². The molecule has 0 atom stereocenters. The molecule has 2 heterocycles. The molecule has 1 fully saturated rings. The van der Waals surface area contributed by atoms with E-state index in [1.165, 1.54) is 5.56 Å². The maximum absolute atomic E-state index is 10.9. The van der Waals surface area contributed by atoms with Crippen molar-refractivity contribution in [3.05, 3.63) is 72.4 Å². The molecule has 156 valence electrons.